The molecule has 0 spiro atoms. The summed E-state index contributed by atoms with van der Waals surface area (Å²) in [4.78, 5) is 13.8. The molecule has 0 radical (unpaired) electrons. The van der Waals surface area contributed by atoms with Crippen LogP contribution in [0.15, 0.2) is 24.8 Å². The van der Waals surface area contributed by atoms with Gasteiger partial charge in [0.05, 0.1) is 12.3 Å². The molecule has 1 fully saturated rings. The van der Waals surface area contributed by atoms with Crippen molar-refractivity contribution in [2.75, 3.05) is 22.8 Å². The Hall–Kier alpha value is -2.07. The van der Waals surface area contributed by atoms with Gasteiger partial charge in [0.1, 0.15) is 6.10 Å². The largest absolute Gasteiger partial charge is 0.516 e. The van der Waals surface area contributed by atoms with Gasteiger partial charge in [-0.2, -0.15) is 21.6 Å². The van der Waals surface area contributed by atoms with E-state index < -0.39 is 21.6 Å². The average molecular weight is 392 g/mol. The Labute approximate surface area is 149 Å². The van der Waals surface area contributed by atoms with E-state index in [0.29, 0.717) is 29.8 Å². The van der Waals surface area contributed by atoms with Gasteiger partial charge in [0.25, 0.3) is 5.91 Å². The molecule has 1 unspecified atom stereocenters. The molecule has 144 valence electrons. The average Bonchev–Trinajstić information content (AvgIpc) is 2.87. The summed E-state index contributed by atoms with van der Waals surface area (Å²) in [6.45, 7) is 7.19. The number of carbonyl (C=O) groups is 1. The van der Waals surface area contributed by atoms with Crippen molar-refractivity contribution in [2.24, 2.45) is 0 Å². The zero-order valence-electron chi connectivity index (χ0n) is 14.3. The van der Waals surface area contributed by atoms with Crippen LogP contribution in [0.5, 0.6) is 0 Å². The number of hydrogen-bond donors (Lipinski definition) is 1. The number of hydrogen-bond acceptors (Lipinski definition) is 4. The number of anilines is 2. The van der Waals surface area contributed by atoms with Gasteiger partial charge >= 0.3 is 15.5 Å². The van der Waals surface area contributed by atoms with Crippen molar-refractivity contribution in [2.45, 2.75) is 31.9 Å². The molecule has 2 rings (SSSR count). The first-order valence-electron chi connectivity index (χ1n) is 7.72. The Morgan fingerprint density at radius 1 is 1.35 bits per heavy atom. The van der Waals surface area contributed by atoms with Crippen molar-refractivity contribution >= 4 is 27.3 Å². The van der Waals surface area contributed by atoms with E-state index in [2.05, 4.69) is 6.58 Å². The fraction of sp³-hybridized carbons (Fsp3) is 0.438. The standard InChI is InChI=1S/C16H19F3N2O4S/c1-4-7-25-14-5-6-21(15(14)22)13-9-12(10(2)8-11(13)3)20-26(23,24)16(17,18)19/h4,8-9,14,20H,1,5-7H2,2-3H3. The van der Waals surface area contributed by atoms with Crippen LogP contribution in [0.4, 0.5) is 24.5 Å². The van der Waals surface area contributed by atoms with Crippen LogP contribution in [0.3, 0.4) is 0 Å². The Kier molecular flexibility index (Phi) is 5.67. The van der Waals surface area contributed by atoms with Gasteiger partial charge in [-0.05, 0) is 31.0 Å². The second-order valence-corrected chi connectivity index (χ2v) is 7.57. The van der Waals surface area contributed by atoms with Crippen LogP contribution in [0.1, 0.15) is 17.5 Å². The highest BCUT2D eigenvalue weighted by atomic mass is 32.2. The maximum Gasteiger partial charge on any atom is 0.516 e. The number of aryl methyl sites for hydroxylation is 2. The zero-order valence-corrected chi connectivity index (χ0v) is 15.1. The van der Waals surface area contributed by atoms with Crippen LogP contribution in [0.25, 0.3) is 0 Å². The normalized spacial score (nSPS) is 18.3. The van der Waals surface area contributed by atoms with Gasteiger partial charge < -0.3 is 9.64 Å². The molecule has 1 aromatic rings. The van der Waals surface area contributed by atoms with Gasteiger partial charge in [-0.15, -0.1) is 6.58 Å². The van der Waals surface area contributed by atoms with E-state index in [9.17, 15) is 26.4 Å². The molecule has 10 heteroatoms. The van der Waals surface area contributed by atoms with Crippen LogP contribution in [-0.2, 0) is 19.6 Å². The quantitative estimate of drug-likeness (QED) is 0.756. The molecule has 0 bridgehead atoms. The lowest BCUT2D eigenvalue weighted by Gasteiger charge is -2.22. The lowest BCUT2D eigenvalue weighted by Crippen LogP contribution is -2.32. The molecule has 1 aliphatic rings. The van der Waals surface area contributed by atoms with Crippen LogP contribution in [0.2, 0.25) is 0 Å². The minimum Gasteiger partial charge on any atom is -0.364 e. The molecule has 1 N–H and O–H groups in total. The molecule has 0 aliphatic carbocycles. The summed E-state index contributed by atoms with van der Waals surface area (Å²) in [6.07, 6.45) is 1.27. The summed E-state index contributed by atoms with van der Waals surface area (Å²) in [5.74, 6) is -0.330. The molecule has 1 aromatic carbocycles. The predicted molar refractivity (Wildman–Crippen MR) is 91.4 cm³/mol. The Morgan fingerprint density at radius 3 is 2.58 bits per heavy atom. The van der Waals surface area contributed by atoms with E-state index in [0.717, 1.165) is 0 Å². The second kappa shape index (κ2) is 7.28. The van der Waals surface area contributed by atoms with Crippen molar-refractivity contribution < 1.29 is 31.1 Å². The smallest absolute Gasteiger partial charge is 0.364 e. The van der Waals surface area contributed by atoms with Crippen molar-refractivity contribution in [3.05, 3.63) is 35.9 Å². The number of nitrogens with zero attached hydrogens (tertiary/aromatic N) is 1. The van der Waals surface area contributed by atoms with Crippen LogP contribution >= 0.6 is 0 Å². The number of rotatable bonds is 6. The molecule has 1 heterocycles. The number of nitrogens with one attached hydrogen (secondary N) is 1. The number of sulfonamides is 1. The van der Waals surface area contributed by atoms with Crippen LogP contribution < -0.4 is 9.62 Å². The summed E-state index contributed by atoms with van der Waals surface area (Å²) in [6, 6.07) is 2.76. The number of benzene rings is 1. The van der Waals surface area contributed by atoms with E-state index in [1.54, 1.807) is 11.6 Å². The number of carbonyl (C=O) groups excluding carboxylic acids is 1. The van der Waals surface area contributed by atoms with Gasteiger partial charge in [-0.25, -0.2) is 0 Å². The molecule has 26 heavy (non-hydrogen) atoms. The van der Waals surface area contributed by atoms with Gasteiger partial charge in [0.15, 0.2) is 0 Å². The van der Waals surface area contributed by atoms with Gasteiger partial charge in [0, 0.05) is 18.7 Å². The fourth-order valence-corrected chi connectivity index (χ4v) is 3.30. The first-order chi connectivity index (χ1) is 12.0. The summed E-state index contributed by atoms with van der Waals surface area (Å²) >= 11 is 0. The molecule has 1 saturated heterocycles. The highest BCUT2D eigenvalue weighted by Gasteiger charge is 2.46. The SMILES string of the molecule is C=CCOC1CCN(c2cc(NS(=O)(=O)C(F)(F)F)c(C)cc2C)C1=O. The van der Waals surface area contributed by atoms with E-state index in [-0.39, 0.29) is 18.2 Å². The number of alkyl halides is 3. The number of halogens is 3. The van der Waals surface area contributed by atoms with Gasteiger partial charge in [0.2, 0.25) is 0 Å². The Balaban J connectivity index is 2.34. The summed E-state index contributed by atoms with van der Waals surface area (Å²) in [7, 11) is -5.55. The second-order valence-electron chi connectivity index (χ2n) is 5.89. The minimum atomic E-state index is -5.55. The maximum absolute atomic E-state index is 12.6. The molecule has 0 saturated carbocycles. The third-order valence-electron chi connectivity index (χ3n) is 3.95. The molecule has 1 aliphatic heterocycles. The molecular formula is C16H19F3N2O4S. The topological polar surface area (TPSA) is 75.7 Å². The van der Waals surface area contributed by atoms with Gasteiger partial charge in [-0.3, -0.25) is 9.52 Å². The van der Waals surface area contributed by atoms with E-state index in [1.807, 2.05) is 0 Å². The minimum absolute atomic E-state index is 0.202. The Morgan fingerprint density at radius 2 is 2.00 bits per heavy atom. The molecule has 1 amide bonds. The summed E-state index contributed by atoms with van der Waals surface area (Å²) in [5.41, 5.74) is -4.38. The highest BCUT2D eigenvalue weighted by Crippen LogP contribution is 2.33. The van der Waals surface area contributed by atoms with Gasteiger partial charge in [-0.1, -0.05) is 12.1 Å². The van der Waals surface area contributed by atoms with E-state index in [4.69, 9.17) is 4.74 Å². The fourth-order valence-electron chi connectivity index (χ4n) is 2.68. The first kappa shape index (κ1) is 20.2. The lowest BCUT2D eigenvalue weighted by atomic mass is 10.1. The van der Waals surface area contributed by atoms with Crippen LogP contribution in [0, 0.1) is 13.8 Å². The van der Waals surface area contributed by atoms with Crippen molar-refractivity contribution in [1.82, 2.24) is 0 Å². The number of amides is 1. The monoisotopic (exact) mass is 392 g/mol. The highest BCUT2D eigenvalue weighted by molar-refractivity contribution is 7.93. The molecule has 1 atom stereocenters. The summed E-state index contributed by atoms with van der Waals surface area (Å²) < 4.78 is 67.5. The maximum atomic E-state index is 12.6. The van der Waals surface area contributed by atoms with Crippen molar-refractivity contribution in [3.8, 4) is 0 Å². The molecule has 6 nitrogen and oxygen atoms in total. The Bertz CT molecular complexity index is 822. The molecule has 0 aromatic heterocycles. The number of ether oxygens (including phenoxy) is 1. The van der Waals surface area contributed by atoms with Crippen LogP contribution in [-0.4, -0.2) is 39.1 Å². The van der Waals surface area contributed by atoms with Crippen molar-refractivity contribution in [1.29, 1.82) is 0 Å². The third-order valence-corrected chi connectivity index (χ3v) is 5.05. The predicted octanol–water partition coefficient (Wildman–Crippen LogP) is 2.87. The third kappa shape index (κ3) is 4.01. The summed E-state index contributed by atoms with van der Waals surface area (Å²) in [5, 5.41) is 0. The lowest BCUT2D eigenvalue weighted by molar-refractivity contribution is -0.126. The van der Waals surface area contributed by atoms with E-state index >= 15 is 0 Å². The zero-order chi connectivity index (χ0) is 19.7. The van der Waals surface area contributed by atoms with E-state index in [1.165, 1.54) is 30.0 Å². The van der Waals surface area contributed by atoms with Crippen molar-refractivity contribution in [3.63, 3.8) is 0 Å². The first-order valence-corrected chi connectivity index (χ1v) is 9.20. The molecular weight excluding hydrogens is 373 g/mol.